The number of hydrogen-bond donors (Lipinski definition) is 2. The molecule has 0 aliphatic carbocycles. The number of carbonyl (C=O) groups is 2. The van der Waals surface area contributed by atoms with Crippen molar-refractivity contribution < 1.29 is 24.5 Å². The fourth-order valence-electron chi connectivity index (χ4n) is 1.54. The van der Waals surface area contributed by atoms with Gasteiger partial charge in [0.05, 0.1) is 11.6 Å². The summed E-state index contributed by atoms with van der Waals surface area (Å²) in [6, 6.07) is 4.20. The molecule has 0 aliphatic heterocycles. The van der Waals surface area contributed by atoms with Crippen molar-refractivity contribution in [1.29, 1.82) is 0 Å². The van der Waals surface area contributed by atoms with Gasteiger partial charge in [-0.25, -0.2) is 4.79 Å². The minimum atomic E-state index is -1.71. The van der Waals surface area contributed by atoms with Crippen LogP contribution in [-0.4, -0.2) is 34.7 Å². The maximum absolute atomic E-state index is 11.3. The highest BCUT2D eigenvalue weighted by atomic mass is 35.5. The van der Waals surface area contributed by atoms with Crippen LogP contribution in [0.15, 0.2) is 18.2 Å². The van der Waals surface area contributed by atoms with Crippen LogP contribution in [0.3, 0.4) is 0 Å². The van der Waals surface area contributed by atoms with E-state index in [4.69, 9.17) is 11.6 Å². The van der Waals surface area contributed by atoms with Gasteiger partial charge in [-0.3, -0.25) is 4.79 Å². The third-order valence-electron chi connectivity index (χ3n) is 2.54. The standard InChI is InChI=1S/C13H15ClO5/c1-3-19-13(18)12(17)11(16)8-4-5-10(14)9(6-8)7(2)15/h4-6,11-12,16-17H,3H2,1-2H3. The van der Waals surface area contributed by atoms with Crippen molar-refractivity contribution in [2.45, 2.75) is 26.1 Å². The Balaban J connectivity index is 3.00. The molecule has 104 valence electrons. The van der Waals surface area contributed by atoms with Crippen LogP contribution < -0.4 is 0 Å². The first kappa shape index (κ1) is 15.6. The van der Waals surface area contributed by atoms with Crippen molar-refractivity contribution in [3.05, 3.63) is 34.3 Å². The lowest BCUT2D eigenvalue weighted by atomic mass is 10.0. The molecule has 1 rings (SSSR count). The Kier molecular flexibility index (Phi) is 5.47. The smallest absolute Gasteiger partial charge is 0.338 e. The summed E-state index contributed by atoms with van der Waals surface area (Å²) in [5.74, 6) is -1.20. The highest BCUT2D eigenvalue weighted by molar-refractivity contribution is 6.33. The van der Waals surface area contributed by atoms with Crippen molar-refractivity contribution in [2.75, 3.05) is 6.61 Å². The van der Waals surface area contributed by atoms with E-state index in [1.54, 1.807) is 6.92 Å². The Morgan fingerprint density at radius 3 is 2.53 bits per heavy atom. The molecule has 2 unspecified atom stereocenters. The molecule has 0 saturated heterocycles. The first-order chi connectivity index (χ1) is 8.88. The Hall–Kier alpha value is -1.43. The molecule has 0 aliphatic rings. The minimum absolute atomic E-state index is 0.0991. The van der Waals surface area contributed by atoms with Gasteiger partial charge in [0.25, 0.3) is 0 Å². The quantitative estimate of drug-likeness (QED) is 0.633. The largest absolute Gasteiger partial charge is 0.464 e. The van der Waals surface area contributed by atoms with Crippen molar-refractivity contribution in [1.82, 2.24) is 0 Å². The van der Waals surface area contributed by atoms with E-state index in [0.29, 0.717) is 0 Å². The summed E-state index contributed by atoms with van der Waals surface area (Å²) in [6.45, 7) is 3.02. The van der Waals surface area contributed by atoms with E-state index in [-0.39, 0.29) is 28.5 Å². The molecule has 1 aromatic rings. The molecule has 0 saturated carbocycles. The average Bonchev–Trinajstić information content (AvgIpc) is 2.37. The van der Waals surface area contributed by atoms with Gasteiger partial charge in [-0.15, -0.1) is 0 Å². The molecule has 0 aromatic heterocycles. The van der Waals surface area contributed by atoms with E-state index in [9.17, 15) is 19.8 Å². The zero-order valence-electron chi connectivity index (χ0n) is 10.6. The first-order valence-corrected chi connectivity index (χ1v) is 6.09. The molecular formula is C13H15ClO5. The molecular weight excluding hydrogens is 272 g/mol. The lowest BCUT2D eigenvalue weighted by molar-refractivity contribution is -0.159. The molecule has 1 aromatic carbocycles. The van der Waals surface area contributed by atoms with Crippen LogP contribution in [-0.2, 0) is 9.53 Å². The third-order valence-corrected chi connectivity index (χ3v) is 2.87. The van der Waals surface area contributed by atoms with Crippen LogP contribution in [0.25, 0.3) is 0 Å². The molecule has 2 N–H and O–H groups in total. The number of esters is 1. The molecule has 0 amide bonds. The van der Waals surface area contributed by atoms with E-state index in [1.807, 2.05) is 0 Å². The normalized spacial score (nSPS) is 13.7. The molecule has 0 radical (unpaired) electrons. The van der Waals surface area contributed by atoms with Crippen LogP contribution in [0.4, 0.5) is 0 Å². The van der Waals surface area contributed by atoms with Gasteiger partial charge in [0.1, 0.15) is 6.10 Å². The number of carbonyl (C=O) groups excluding carboxylic acids is 2. The van der Waals surface area contributed by atoms with Gasteiger partial charge in [0.15, 0.2) is 11.9 Å². The summed E-state index contributed by atoms with van der Waals surface area (Å²) in [7, 11) is 0. The fourth-order valence-corrected chi connectivity index (χ4v) is 1.79. The topological polar surface area (TPSA) is 83.8 Å². The maximum atomic E-state index is 11.3. The van der Waals surface area contributed by atoms with Gasteiger partial charge in [-0.2, -0.15) is 0 Å². The third kappa shape index (κ3) is 3.76. The van der Waals surface area contributed by atoms with E-state index < -0.39 is 18.2 Å². The Morgan fingerprint density at radius 1 is 1.37 bits per heavy atom. The van der Waals surface area contributed by atoms with Crippen molar-refractivity contribution >= 4 is 23.4 Å². The summed E-state index contributed by atoms with van der Waals surface area (Å²) in [5, 5.41) is 19.7. The van der Waals surface area contributed by atoms with Gasteiger partial charge in [-0.1, -0.05) is 17.7 Å². The van der Waals surface area contributed by atoms with Gasteiger partial charge < -0.3 is 14.9 Å². The van der Waals surface area contributed by atoms with Crippen LogP contribution in [0, 0.1) is 0 Å². The highest BCUT2D eigenvalue weighted by Gasteiger charge is 2.27. The Bertz CT molecular complexity index is 486. The number of ether oxygens (including phenoxy) is 1. The van der Waals surface area contributed by atoms with Crippen molar-refractivity contribution in [3.63, 3.8) is 0 Å². The van der Waals surface area contributed by atoms with E-state index in [0.717, 1.165) is 0 Å². The molecule has 5 nitrogen and oxygen atoms in total. The number of aliphatic hydroxyl groups excluding tert-OH is 2. The summed E-state index contributed by atoms with van der Waals surface area (Å²) in [5.41, 5.74) is 0.435. The van der Waals surface area contributed by atoms with Crippen LogP contribution in [0.1, 0.15) is 35.9 Å². The second kappa shape index (κ2) is 6.65. The van der Waals surface area contributed by atoms with Crippen molar-refractivity contribution in [2.24, 2.45) is 0 Å². The molecule has 0 spiro atoms. The summed E-state index contributed by atoms with van der Waals surface area (Å²) >= 11 is 5.83. The monoisotopic (exact) mass is 286 g/mol. The minimum Gasteiger partial charge on any atom is -0.464 e. The molecule has 19 heavy (non-hydrogen) atoms. The van der Waals surface area contributed by atoms with Gasteiger partial charge in [-0.05, 0) is 31.5 Å². The first-order valence-electron chi connectivity index (χ1n) is 5.71. The van der Waals surface area contributed by atoms with Crippen LogP contribution >= 0.6 is 11.6 Å². The lowest BCUT2D eigenvalue weighted by Crippen LogP contribution is -2.30. The average molecular weight is 287 g/mol. The molecule has 0 heterocycles. The van der Waals surface area contributed by atoms with E-state index in [1.165, 1.54) is 25.1 Å². The second-order valence-electron chi connectivity index (χ2n) is 3.94. The summed E-state index contributed by atoms with van der Waals surface area (Å²) in [6.07, 6.45) is -3.18. The second-order valence-corrected chi connectivity index (χ2v) is 4.34. The zero-order valence-corrected chi connectivity index (χ0v) is 11.3. The van der Waals surface area contributed by atoms with Gasteiger partial charge in [0, 0.05) is 5.56 Å². The van der Waals surface area contributed by atoms with Gasteiger partial charge >= 0.3 is 5.97 Å². The highest BCUT2D eigenvalue weighted by Crippen LogP contribution is 2.24. The van der Waals surface area contributed by atoms with Crippen molar-refractivity contribution in [3.8, 4) is 0 Å². The SMILES string of the molecule is CCOC(=O)C(O)C(O)c1ccc(Cl)c(C(C)=O)c1. The number of ketones is 1. The maximum Gasteiger partial charge on any atom is 0.338 e. The predicted octanol–water partition coefficient (Wildman–Crippen LogP) is 1.50. The zero-order chi connectivity index (χ0) is 14.6. The predicted molar refractivity (Wildman–Crippen MR) is 69.1 cm³/mol. The van der Waals surface area contributed by atoms with E-state index >= 15 is 0 Å². The van der Waals surface area contributed by atoms with E-state index in [2.05, 4.69) is 4.74 Å². The number of benzene rings is 1. The van der Waals surface area contributed by atoms with Gasteiger partial charge in [0.2, 0.25) is 0 Å². The Morgan fingerprint density at radius 2 is 2.00 bits per heavy atom. The number of Topliss-reactive ketones (excluding diaryl/α,β-unsaturated/α-hetero) is 1. The summed E-state index contributed by atoms with van der Waals surface area (Å²) < 4.78 is 4.61. The fraction of sp³-hybridized carbons (Fsp3) is 0.385. The number of hydrogen-bond acceptors (Lipinski definition) is 5. The number of rotatable bonds is 5. The molecule has 0 fully saturated rings. The molecule has 2 atom stereocenters. The lowest BCUT2D eigenvalue weighted by Gasteiger charge is -2.17. The molecule has 0 bridgehead atoms. The number of halogens is 1. The molecule has 6 heteroatoms. The van der Waals surface area contributed by atoms with Crippen LogP contribution in [0.5, 0.6) is 0 Å². The Labute approximate surface area is 115 Å². The number of aliphatic hydroxyl groups is 2. The summed E-state index contributed by atoms with van der Waals surface area (Å²) in [4.78, 5) is 22.6. The van der Waals surface area contributed by atoms with Crippen LogP contribution in [0.2, 0.25) is 5.02 Å².